The minimum Gasteiger partial charge on any atom is -0.497 e. The third-order valence-electron chi connectivity index (χ3n) is 7.87. The van der Waals surface area contributed by atoms with Crippen molar-refractivity contribution >= 4 is 28.4 Å². The number of methoxy groups -OCH3 is 1. The van der Waals surface area contributed by atoms with Crippen molar-refractivity contribution in [2.24, 2.45) is 5.41 Å². The third-order valence-corrected chi connectivity index (χ3v) is 7.87. The number of ether oxygens (including phenoxy) is 1. The van der Waals surface area contributed by atoms with Crippen LogP contribution in [0.15, 0.2) is 49.1 Å². The lowest BCUT2D eigenvalue weighted by Gasteiger charge is -2.40. The van der Waals surface area contributed by atoms with Crippen LogP contribution in [0.3, 0.4) is 0 Å². The molecular weight excluding hydrogens is 476 g/mol. The topological polar surface area (TPSA) is 110 Å². The summed E-state index contributed by atoms with van der Waals surface area (Å²) in [6, 6.07) is 7.82. The van der Waals surface area contributed by atoms with E-state index in [0.717, 1.165) is 47.5 Å². The molecule has 1 saturated heterocycles. The van der Waals surface area contributed by atoms with E-state index < -0.39 is 0 Å². The first-order valence-corrected chi connectivity index (χ1v) is 13.4. The summed E-state index contributed by atoms with van der Waals surface area (Å²) < 4.78 is 5.32. The van der Waals surface area contributed by atoms with Gasteiger partial charge in [-0.2, -0.15) is 0 Å². The van der Waals surface area contributed by atoms with Crippen molar-refractivity contribution in [3.8, 4) is 17.1 Å². The van der Waals surface area contributed by atoms with Crippen LogP contribution in [0.4, 0.5) is 17.5 Å². The van der Waals surface area contributed by atoms with Gasteiger partial charge in [0.05, 0.1) is 18.8 Å². The van der Waals surface area contributed by atoms with E-state index in [1.54, 1.807) is 19.5 Å². The van der Waals surface area contributed by atoms with E-state index in [1.807, 2.05) is 36.7 Å². The number of anilines is 3. The molecule has 5 heterocycles. The Kier molecular flexibility index (Phi) is 6.53. The summed E-state index contributed by atoms with van der Waals surface area (Å²) in [6.45, 7) is 6.58. The monoisotopic (exact) mass is 510 g/mol. The predicted octanol–water partition coefficient (Wildman–Crippen LogP) is 5.30. The molecule has 6 rings (SSSR count). The van der Waals surface area contributed by atoms with Crippen LogP contribution in [0.1, 0.15) is 51.0 Å². The Balaban J connectivity index is 1.41. The van der Waals surface area contributed by atoms with Gasteiger partial charge in [0.25, 0.3) is 0 Å². The van der Waals surface area contributed by atoms with Gasteiger partial charge in [0.1, 0.15) is 23.2 Å². The van der Waals surface area contributed by atoms with Crippen LogP contribution in [0.25, 0.3) is 22.3 Å². The van der Waals surface area contributed by atoms with E-state index in [4.69, 9.17) is 14.7 Å². The maximum atomic E-state index is 5.32. The number of nitrogens with one attached hydrogen (secondary N) is 3. The summed E-state index contributed by atoms with van der Waals surface area (Å²) in [5, 5.41) is 11.8. The molecule has 1 aliphatic heterocycles. The SMILES string of the molecule is COc1ccnc(Nc2cc(-c3nc(N[C@H]4CCNCC4(C)C)c4c(C5CCC5)cncc4n3)ccn2)c1. The lowest BCUT2D eigenvalue weighted by Crippen LogP contribution is -2.49. The molecule has 1 atom stereocenters. The van der Waals surface area contributed by atoms with Gasteiger partial charge in [-0.25, -0.2) is 19.9 Å². The van der Waals surface area contributed by atoms with Gasteiger partial charge < -0.3 is 20.7 Å². The summed E-state index contributed by atoms with van der Waals surface area (Å²) in [7, 11) is 1.64. The lowest BCUT2D eigenvalue weighted by molar-refractivity contribution is 0.236. The smallest absolute Gasteiger partial charge is 0.162 e. The zero-order valence-corrected chi connectivity index (χ0v) is 22.2. The summed E-state index contributed by atoms with van der Waals surface area (Å²) in [5.74, 6) is 4.09. The molecule has 0 bridgehead atoms. The van der Waals surface area contributed by atoms with Crippen LogP contribution < -0.4 is 20.7 Å². The average molecular weight is 511 g/mol. The second-order valence-corrected chi connectivity index (χ2v) is 10.9. The maximum Gasteiger partial charge on any atom is 0.162 e. The molecule has 2 fully saturated rings. The maximum absolute atomic E-state index is 5.32. The number of pyridine rings is 3. The molecule has 0 unspecified atom stereocenters. The standard InChI is InChI=1S/C29H34N8O/c1-29(2)17-30-10-9-23(29)35-28-26-21(18-5-4-6-18)15-31-16-22(26)34-27(37-28)19-7-11-32-24(13-19)36-25-14-20(38-3)8-12-33-25/h7-8,11-16,18,23,30H,4-6,9-10,17H2,1-3H3,(H,32,33,36)(H,34,35,37)/t23-/m0/s1. The Morgan fingerprint density at radius 2 is 1.82 bits per heavy atom. The van der Waals surface area contributed by atoms with Gasteiger partial charge in [-0.3, -0.25) is 4.98 Å². The molecule has 4 aromatic rings. The molecule has 2 aliphatic rings. The number of nitrogens with zero attached hydrogens (tertiary/aromatic N) is 5. The molecule has 196 valence electrons. The largest absolute Gasteiger partial charge is 0.497 e. The van der Waals surface area contributed by atoms with Crippen molar-refractivity contribution in [2.75, 3.05) is 30.8 Å². The summed E-state index contributed by atoms with van der Waals surface area (Å²) in [6.07, 6.45) is 12.0. The molecule has 9 heteroatoms. The van der Waals surface area contributed by atoms with E-state index in [9.17, 15) is 0 Å². The number of hydrogen-bond donors (Lipinski definition) is 3. The molecule has 9 nitrogen and oxygen atoms in total. The molecular formula is C29H34N8O. The molecule has 0 radical (unpaired) electrons. The molecule has 4 aromatic heterocycles. The highest BCUT2D eigenvalue weighted by atomic mass is 16.5. The van der Waals surface area contributed by atoms with E-state index in [1.165, 1.54) is 24.8 Å². The molecule has 1 saturated carbocycles. The van der Waals surface area contributed by atoms with Crippen molar-refractivity contribution in [3.05, 3.63) is 54.6 Å². The molecule has 0 aromatic carbocycles. The first-order valence-electron chi connectivity index (χ1n) is 13.4. The summed E-state index contributed by atoms with van der Waals surface area (Å²) >= 11 is 0. The lowest BCUT2D eigenvalue weighted by atomic mass is 9.78. The van der Waals surface area contributed by atoms with Gasteiger partial charge in [0.15, 0.2) is 5.82 Å². The van der Waals surface area contributed by atoms with Gasteiger partial charge in [0.2, 0.25) is 0 Å². The minimum atomic E-state index is 0.0941. The van der Waals surface area contributed by atoms with Crippen molar-refractivity contribution < 1.29 is 4.74 Å². The minimum absolute atomic E-state index is 0.0941. The summed E-state index contributed by atoms with van der Waals surface area (Å²) in [4.78, 5) is 23.6. The second kappa shape index (κ2) is 10.1. The van der Waals surface area contributed by atoms with Gasteiger partial charge in [-0.05, 0) is 60.9 Å². The van der Waals surface area contributed by atoms with Crippen LogP contribution in [-0.2, 0) is 0 Å². The summed E-state index contributed by atoms with van der Waals surface area (Å²) in [5.41, 5.74) is 3.09. The highest BCUT2D eigenvalue weighted by Gasteiger charge is 2.33. The number of piperidine rings is 1. The Labute approximate surface area is 222 Å². The van der Waals surface area contributed by atoms with Crippen LogP contribution in [0, 0.1) is 5.41 Å². The van der Waals surface area contributed by atoms with E-state index >= 15 is 0 Å². The zero-order chi connectivity index (χ0) is 26.1. The normalized spacial score (nSPS) is 19.1. The van der Waals surface area contributed by atoms with Gasteiger partial charge in [-0.1, -0.05) is 20.3 Å². The van der Waals surface area contributed by atoms with Crippen LogP contribution in [0.5, 0.6) is 5.75 Å². The van der Waals surface area contributed by atoms with Crippen LogP contribution >= 0.6 is 0 Å². The van der Waals surface area contributed by atoms with Gasteiger partial charge in [-0.15, -0.1) is 0 Å². The van der Waals surface area contributed by atoms with Gasteiger partial charge >= 0.3 is 0 Å². The fourth-order valence-electron chi connectivity index (χ4n) is 5.35. The number of fused-ring (bicyclic) bond motifs is 1. The number of aromatic nitrogens is 5. The van der Waals surface area contributed by atoms with Crippen molar-refractivity contribution in [1.29, 1.82) is 0 Å². The second-order valence-electron chi connectivity index (χ2n) is 10.9. The quantitative estimate of drug-likeness (QED) is 0.305. The molecule has 0 amide bonds. The van der Waals surface area contributed by atoms with Crippen molar-refractivity contribution in [2.45, 2.75) is 51.5 Å². The fraction of sp³-hybridized carbons (Fsp3) is 0.414. The average Bonchev–Trinajstić information content (AvgIpc) is 2.89. The predicted molar refractivity (Wildman–Crippen MR) is 150 cm³/mol. The van der Waals surface area contributed by atoms with Gasteiger partial charge in [0, 0.05) is 48.2 Å². The Morgan fingerprint density at radius 3 is 2.58 bits per heavy atom. The van der Waals surface area contributed by atoms with E-state index in [2.05, 4.69) is 44.7 Å². The molecule has 1 aliphatic carbocycles. The van der Waals surface area contributed by atoms with Crippen LogP contribution in [0.2, 0.25) is 0 Å². The molecule has 38 heavy (non-hydrogen) atoms. The first-order chi connectivity index (χ1) is 18.5. The van der Waals surface area contributed by atoms with E-state index in [-0.39, 0.29) is 5.41 Å². The Bertz CT molecular complexity index is 1450. The van der Waals surface area contributed by atoms with Crippen LogP contribution in [-0.4, -0.2) is 51.2 Å². The number of rotatable bonds is 7. The van der Waals surface area contributed by atoms with Crippen molar-refractivity contribution in [1.82, 2.24) is 30.2 Å². The zero-order valence-electron chi connectivity index (χ0n) is 22.2. The highest BCUT2D eigenvalue weighted by molar-refractivity contribution is 5.93. The molecule has 3 N–H and O–H groups in total. The van der Waals surface area contributed by atoms with Crippen molar-refractivity contribution in [3.63, 3.8) is 0 Å². The third kappa shape index (κ3) is 4.86. The van der Waals surface area contributed by atoms with E-state index in [0.29, 0.717) is 29.4 Å². The number of hydrogen-bond acceptors (Lipinski definition) is 9. The first kappa shape index (κ1) is 24.5. The Hall–Kier alpha value is -3.85. The molecule has 0 spiro atoms. The fourth-order valence-corrected chi connectivity index (χ4v) is 5.35. The Morgan fingerprint density at radius 1 is 1.00 bits per heavy atom. The highest BCUT2D eigenvalue weighted by Crippen LogP contribution is 2.42.